The van der Waals surface area contributed by atoms with Crippen LogP contribution in [0.5, 0.6) is 11.5 Å². The van der Waals surface area contributed by atoms with Crippen molar-refractivity contribution in [2.45, 2.75) is 6.92 Å². The minimum atomic E-state index is 0.246. The van der Waals surface area contributed by atoms with Crippen LogP contribution in [0.15, 0.2) is 47.5 Å². The largest absolute Gasteiger partial charge is 0.508 e. The SMILES string of the molecule is CCOc1ccc2nc(/N=C/c3ccc(O)cc3)sc2c1. The normalized spacial score (nSPS) is 11.3. The molecule has 0 saturated carbocycles. The molecule has 0 fully saturated rings. The van der Waals surface area contributed by atoms with Crippen molar-refractivity contribution in [3.8, 4) is 11.5 Å². The third-order valence-electron chi connectivity index (χ3n) is 2.88. The van der Waals surface area contributed by atoms with Gasteiger partial charge in [0.05, 0.1) is 16.8 Å². The maximum atomic E-state index is 9.24. The van der Waals surface area contributed by atoms with Crippen LogP contribution in [0.2, 0.25) is 0 Å². The number of fused-ring (bicyclic) bond motifs is 1. The molecule has 3 rings (SSSR count). The highest BCUT2D eigenvalue weighted by molar-refractivity contribution is 7.22. The van der Waals surface area contributed by atoms with Gasteiger partial charge >= 0.3 is 0 Å². The van der Waals surface area contributed by atoms with Crippen LogP contribution in [0, 0.1) is 0 Å². The van der Waals surface area contributed by atoms with Crippen molar-refractivity contribution in [1.29, 1.82) is 0 Å². The summed E-state index contributed by atoms with van der Waals surface area (Å²) in [6.07, 6.45) is 1.74. The molecule has 0 aliphatic rings. The third kappa shape index (κ3) is 3.20. The molecule has 1 aromatic heterocycles. The van der Waals surface area contributed by atoms with Gasteiger partial charge in [-0.15, -0.1) is 0 Å². The zero-order valence-corrected chi connectivity index (χ0v) is 12.3. The van der Waals surface area contributed by atoms with E-state index in [2.05, 4.69) is 9.98 Å². The monoisotopic (exact) mass is 298 g/mol. The van der Waals surface area contributed by atoms with Crippen molar-refractivity contribution in [3.63, 3.8) is 0 Å². The van der Waals surface area contributed by atoms with Gasteiger partial charge in [-0.05, 0) is 55.0 Å². The maximum absolute atomic E-state index is 9.24. The van der Waals surface area contributed by atoms with Crippen LogP contribution in [0.3, 0.4) is 0 Å². The van der Waals surface area contributed by atoms with Crippen LogP contribution in [0.1, 0.15) is 12.5 Å². The Morgan fingerprint density at radius 3 is 2.81 bits per heavy atom. The number of aliphatic imine (C=N–C) groups is 1. The van der Waals surface area contributed by atoms with Crippen LogP contribution in [0.25, 0.3) is 10.2 Å². The maximum Gasteiger partial charge on any atom is 0.210 e. The first-order chi connectivity index (χ1) is 10.2. The number of hydrogen-bond acceptors (Lipinski definition) is 5. The molecule has 1 N–H and O–H groups in total. The van der Waals surface area contributed by atoms with Gasteiger partial charge in [0.2, 0.25) is 5.13 Å². The second-order valence-corrected chi connectivity index (χ2v) is 5.42. The molecular formula is C16H14N2O2S. The van der Waals surface area contributed by atoms with E-state index in [9.17, 15) is 5.11 Å². The van der Waals surface area contributed by atoms with Gasteiger partial charge in [0.25, 0.3) is 0 Å². The standard InChI is InChI=1S/C16H14N2O2S/c1-2-20-13-7-8-14-15(9-13)21-16(18-14)17-10-11-3-5-12(19)6-4-11/h3-10,19H,2H2,1H3/b17-10+. The van der Waals surface area contributed by atoms with E-state index in [1.807, 2.05) is 25.1 Å². The molecule has 0 unspecified atom stereocenters. The van der Waals surface area contributed by atoms with E-state index in [4.69, 9.17) is 4.74 Å². The first-order valence-corrected chi connectivity index (χ1v) is 7.43. The van der Waals surface area contributed by atoms with E-state index >= 15 is 0 Å². The molecule has 5 heteroatoms. The number of thiazole rings is 1. The number of aromatic hydroxyl groups is 1. The van der Waals surface area contributed by atoms with E-state index in [0.717, 1.165) is 21.5 Å². The van der Waals surface area contributed by atoms with Gasteiger partial charge in [-0.2, -0.15) is 0 Å². The number of benzene rings is 2. The molecule has 106 valence electrons. The number of aromatic nitrogens is 1. The zero-order chi connectivity index (χ0) is 14.7. The number of ether oxygens (including phenoxy) is 1. The zero-order valence-electron chi connectivity index (χ0n) is 11.5. The molecule has 3 aromatic rings. The Kier molecular flexibility index (Phi) is 3.83. The van der Waals surface area contributed by atoms with Crippen molar-refractivity contribution < 1.29 is 9.84 Å². The Morgan fingerprint density at radius 1 is 1.24 bits per heavy atom. The molecule has 1 heterocycles. The molecule has 0 bridgehead atoms. The first kappa shape index (κ1) is 13.6. The van der Waals surface area contributed by atoms with E-state index in [0.29, 0.717) is 11.7 Å². The van der Waals surface area contributed by atoms with E-state index in [-0.39, 0.29) is 5.75 Å². The summed E-state index contributed by atoms with van der Waals surface area (Å²) in [6.45, 7) is 2.61. The molecule has 4 nitrogen and oxygen atoms in total. The van der Waals surface area contributed by atoms with Crippen LogP contribution < -0.4 is 4.74 Å². The molecule has 0 spiro atoms. The molecule has 0 aliphatic heterocycles. The number of rotatable bonds is 4. The van der Waals surface area contributed by atoms with Crippen LogP contribution >= 0.6 is 11.3 Å². The van der Waals surface area contributed by atoms with Gasteiger partial charge in [0.1, 0.15) is 11.5 Å². The lowest BCUT2D eigenvalue weighted by Crippen LogP contribution is -1.89. The Balaban J connectivity index is 1.85. The smallest absolute Gasteiger partial charge is 0.210 e. The second-order valence-electron chi connectivity index (χ2n) is 4.41. The highest BCUT2D eigenvalue weighted by Crippen LogP contribution is 2.30. The minimum absolute atomic E-state index is 0.246. The lowest BCUT2D eigenvalue weighted by molar-refractivity contribution is 0.341. The summed E-state index contributed by atoms with van der Waals surface area (Å²) in [4.78, 5) is 8.84. The average Bonchev–Trinajstić information content (AvgIpc) is 2.89. The van der Waals surface area contributed by atoms with Gasteiger partial charge in [0, 0.05) is 6.21 Å². The minimum Gasteiger partial charge on any atom is -0.508 e. The van der Waals surface area contributed by atoms with E-state index in [1.165, 1.54) is 11.3 Å². The Hall–Kier alpha value is -2.40. The summed E-state index contributed by atoms with van der Waals surface area (Å²) in [6, 6.07) is 12.7. The van der Waals surface area contributed by atoms with E-state index < -0.39 is 0 Å². The van der Waals surface area contributed by atoms with Crippen molar-refractivity contribution >= 4 is 32.9 Å². The van der Waals surface area contributed by atoms with Gasteiger partial charge in [-0.3, -0.25) is 0 Å². The number of hydrogen-bond donors (Lipinski definition) is 1. The predicted octanol–water partition coefficient (Wildman–Crippen LogP) is 4.15. The summed E-state index contributed by atoms with van der Waals surface area (Å²) in [5, 5.41) is 9.94. The van der Waals surface area contributed by atoms with Crippen LogP contribution in [0.4, 0.5) is 5.13 Å². The van der Waals surface area contributed by atoms with Gasteiger partial charge < -0.3 is 9.84 Å². The molecule has 0 atom stereocenters. The lowest BCUT2D eigenvalue weighted by atomic mass is 10.2. The van der Waals surface area contributed by atoms with Gasteiger partial charge in [-0.1, -0.05) is 11.3 Å². The Labute approximate surface area is 126 Å². The Morgan fingerprint density at radius 2 is 2.05 bits per heavy atom. The fourth-order valence-electron chi connectivity index (χ4n) is 1.89. The first-order valence-electron chi connectivity index (χ1n) is 6.61. The van der Waals surface area contributed by atoms with Crippen molar-refractivity contribution in [2.75, 3.05) is 6.61 Å². The topological polar surface area (TPSA) is 54.7 Å². The van der Waals surface area contributed by atoms with Crippen molar-refractivity contribution in [1.82, 2.24) is 4.98 Å². The van der Waals surface area contributed by atoms with Gasteiger partial charge in [-0.25, -0.2) is 9.98 Å². The highest BCUT2D eigenvalue weighted by Gasteiger charge is 2.04. The fourth-order valence-corrected chi connectivity index (χ4v) is 2.73. The molecule has 0 saturated heterocycles. The molecule has 0 aliphatic carbocycles. The predicted molar refractivity (Wildman–Crippen MR) is 86.1 cm³/mol. The third-order valence-corrected chi connectivity index (χ3v) is 3.80. The lowest BCUT2D eigenvalue weighted by Gasteiger charge is -2.00. The average molecular weight is 298 g/mol. The summed E-state index contributed by atoms with van der Waals surface area (Å²) in [5.41, 5.74) is 1.84. The number of phenolic OH excluding ortho intramolecular Hbond substituents is 1. The summed E-state index contributed by atoms with van der Waals surface area (Å²) in [7, 11) is 0. The molecule has 0 amide bonds. The number of phenols is 1. The molecule has 2 aromatic carbocycles. The fraction of sp³-hybridized carbons (Fsp3) is 0.125. The molecule has 21 heavy (non-hydrogen) atoms. The van der Waals surface area contributed by atoms with Gasteiger partial charge in [0.15, 0.2) is 0 Å². The van der Waals surface area contributed by atoms with Crippen molar-refractivity contribution in [2.24, 2.45) is 4.99 Å². The molecule has 0 radical (unpaired) electrons. The summed E-state index contributed by atoms with van der Waals surface area (Å²) < 4.78 is 6.53. The van der Waals surface area contributed by atoms with Crippen LogP contribution in [-0.4, -0.2) is 22.9 Å². The summed E-state index contributed by atoms with van der Waals surface area (Å²) in [5.74, 6) is 1.10. The second kappa shape index (κ2) is 5.93. The quantitative estimate of drug-likeness (QED) is 0.736. The summed E-state index contributed by atoms with van der Waals surface area (Å²) >= 11 is 1.52. The van der Waals surface area contributed by atoms with Crippen LogP contribution in [-0.2, 0) is 0 Å². The molecular weight excluding hydrogens is 284 g/mol. The van der Waals surface area contributed by atoms with Crippen molar-refractivity contribution in [3.05, 3.63) is 48.0 Å². The highest BCUT2D eigenvalue weighted by atomic mass is 32.1. The Bertz CT molecular complexity index is 779. The van der Waals surface area contributed by atoms with E-state index in [1.54, 1.807) is 30.5 Å². The number of nitrogens with zero attached hydrogens (tertiary/aromatic N) is 2.